The monoisotopic (exact) mass is 274 g/mol. The lowest BCUT2D eigenvalue weighted by Gasteiger charge is -2.07. The normalized spacial score (nSPS) is 10.8. The molecule has 0 aliphatic heterocycles. The van der Waals surface area contributed by atoms with Crippen LogP contribution in [0.4, 0.5) is 11.8 Å². The molecule has 0 saturated heterocycles. The summed E-state index contributed by atoms with van der Waals surface area (Å²) in [6.45, 7) is 2.85. The number of nitrogens with one attached hydrogen (secondary N) is 3. The van der Waals surface area contributed by atoms with Crippen molar-refractivity contribution in [1.29, 1.82) is 0 Å². The minimum atomic E-state index is 0.559. The van der Waals surface area contributed by atoms with Crippen molar-refractivity contribution in [2.24, 2.45) is 0 Å². The van der Waals surface area contributed by atoms with Gasteiger partial charge in [0.2, 0.25) is 5.95 Å². The minimum absolute atomic E-state index is 0.559. The molecule has 0 aliphatic carbocycles. The lowest BCUT2D eigenvalue weighted by Crippen LogP contribution is -2.05. The Morgan fingerprint density at radius 2 is 2.21 bits per heavy atom. The van der Waals surface area contributed by atoms with E-state index in [1.807, 2.05) is 0 Å². The first-order valence-corrected chi connectivity index (χ1v) is 6.86. The van der Waals surface area contributed by atoms with Crippen molar-refractivity contribution < 1.29 is 0 Å². The summed E-state index contributed by atoms with van der Waals surface area (Å²) < 4.78 is 0. The van der Waals surface area contributed by atoms with E-state index < -0.39 is 0 Å². The van der Waals surface area contributed by atoms with Crippen LogP contribution in [0.2, 0.25) is 0 Å². The summed E-state index contributed by atoms with van der Waals surface area (Å²) in [7, 11) is 1.79. The van der Waals surface area contributed by atoms with E-state index in [9.17, 15) is 0 Å². The van der Waals surface area contributed by atoms with Crippen LogP contribution in [0, 0.1) is 6.92 Å². The first-order valence-electron chi connectivity index (χ1n) is 5.92. The largest absolute Gasteiger partial charge is 0.364 e. The fraction of sp³-hybridized carbons (Fsp3) is 0.250. The van der Waals surface area contributed by atoms with Gasteiger partial charge in [-0.05, 0) is 28.8 Å². The van der Waals surface area contributed by atoms with E-state index in [1.165, 1.54) is 11.1 Å². The van der Waals surface area contributed by atoms with E-state index in [-0.39, 0.29) is 0 Å². The van der Waals surface area contributed by atoms with Gasteiger partial charge in [0.25, 0.3) is 0 Å². The second-order valence-electron chi connectivity index (χ2n) is 4.18. The van der Waals surface area contributed by atoms with Gasteiger partial charge in [-0.2, -0.15) is 21.3 Å². The third kappa shape index (κ3) is 2.24. The highest BCUT2D eigenvalue weighted by atomic mass is 32.1. The molecular weight excluding hydrogens is 260 g/mol. The molecule has 6 nitrogen and oxygen atoms in total. The number of aromatic nitrogens is 4. The van der Waals surface area contributed by atoms with Gasteiger partial charge in [0.1, 0.15) is 5.52 Å². The second-order valence-corrected chi connectivity index (χ2v) is 4.92. The molecule has 0 amide bonds. The molecule has 3 N–H and O–H groups in total. The number of H-pyrrole nitrogens is 1. The predicted molar refractivity (Wildman–Crippen MR) is 77.6 cm³/mol. The van der Waals surface area contributed by atoms with E-state index in [4.69, 9.17) is 0 Å². The van der Waals surface area contributed by atoms with Gasteiger partial charge in [-0.15, -0.1) is 0 Å². The summed E-state index contributed by atoms with van der Waals surface area (Å²) >= 11 is 1.71. The number of aryl methyl sites for hydroxylation is 1. The topological polar surface area (TPSA) is 78.5 Å². The van der Waals surface area contributed by atoms with Gasteiger partial charge in [-0.3, -0.25) is 0 Å². The third-order valence-electron chi connectivity index (χ3n) is 2.92. The summed E-state index contributed by atoms with van der Waals surface area (Å²) in [4.78, 5) is 15.9. The number of fused-ring (bicyclic) bond motifs is 1. The Morgan fingerprint density at radius 1 is 1.32 bits per heavy atom. The van der Waals surface area contributed by atoms with Crippen LogP contribution in [0.25, 0.3) is 11.2 Å². The lowest BCUT2D eigenvalue weighted by atomic mass is 10.2. The fourth-order valence-corrected chi connectivity index (χ4v) is 2.68. The van der Waals surface area contributed by atoms with Crippen LogP contribution in [-0.4, -0.2) is 27.0 Å². The van der Waals surface area contributed by atoms with Crippen molar-refractivity contribution >= 4 is 34.3 Å². The first kappa shape index (κ1) is 11.9. The van der Waals surface area contributed by atoms with Crippen LogP contribution >= 0.6 is 11.3 Å². The maximum absolute atomic E-state index is 4.42. The molecular formula is C12H14N6S. The van der Waals surface area contributed by atoms with E-state index >= 15 is 0 Å². The average Bonchev–Trinajstić information content (AvgIpc) is 3.04. The van der Waals surface area contributed by atoms with Crippen LogP contribution in [0.1, 0.15) is 11.1 Å². The highest BCUT2D eigenvalue weighted by Gasteiger charge is 2.09. The number of anilines is 2. The van der Waals surface area contributed by atoms with E-state index in [0.717, 1.165) is 17.9 Å². The number of aromatic amines is 1. The molecule has 3 rings (SSSR count). The fourth-order valence-electron chi connectivity index (χ4n) is 1.82. The van der Waals surface area contributed by atoms with Crippen molar-refractivity contribution in [1.82, 2.24) is 19.9 Å². The van der Waals surface area contributed by atoms with Gasteiger partial charge >= 0.3 is 0 Å². The van der Waals surface area contributed by atoms with Crippen LogP contribution < -0.4 is 10.6 Å². The maximum atomic E-state index is 4.42. The van der Waals surface area contributed by atoms with Crippen molar-refractivity contribution in [3.05, 3.63) is 28.2 Å². The quantitative estimate of drug-likeness (QED) is 0.681. The Kier molecular flexibility index (Phi) is 3.04. The zero-order valence-electron chi connectivity index (χ0n) is 10.7. The molecule has 0 fully saturated rings. The standard InChI is InChI=1S/C12H14N6S/c1-7-4-19-5-8(7)3-14-10-9-11(16-6-15-9)18-12(13-2)17-10/h4-6H,3H2,1-2H3,(H3,13,14,15,16,17,18). The molecule has 0 aliphatic rings. The molecule has 3 aromatic heterocycles. The number of nitrogens with zero attached hydrogens (tertiary/aromatic N) is 3. The van der Waals surface area contributed by atoms with Crippen LogP contribution in [0.15, 0.2) is 17.1 Å². The number of rotatable bonds is 4. The minimum Gasteiger partial charge on any atom is -0.364 e. The molecule has 7 heteroatoms. The third-order valence-corrected chi connectivity index (χ3v) is 3.83. The molecule has 0 unspecified atom stereocenters. The Labute approximate surface area is 114 Å². The molecule has 0 spiro atoms. The number of imidazole rings is 1. The molecule has 19 heavy (non-hydrogen) atoms. The first-order chi connectivity index (χ1) is 9.28. The Morgan fingerprint density at radius 3 is 2.95 bits per heavy atom. The molecule has 0 saturated carbocycles. The Balaban J connectivity index is 1.91. The highest BCUT2D eigenvalue weighted by Crippen LogP contribution is 2.20. The molecule has 98 valence electrons. The van der Waals surface area contributed by atoms with Gasteiger partial charge in [0.15, 0.2) is 11.5 Å². The second kappa shape index (κ2) is 4.85. The zero-order valence-corrected chi connectivity index (χ0v) is 11.5. The van der Waals surface area contributed by atoms with Crippen molar-refractivity contribution in [2.45, 2.75) is 13.5 Å². The number of hydrogen-bond acceptors (Lipinski definition) is 6. The zero-order chi connectivity index (χ0) is 13.2. The number of hydrogen-bond donors (Lipinski definition) is 3. The SMILES string of the molecule is CNc1nc(NCc2cscc2C)c2[nH]cnc2n1. The molecule has 0 atom stereocenters. The van der Waals surface area contributed by atoms with Gasteiger partial charge in [-0.1, -0.05) is 0 Å². The molecule has 3 aromatic rings. The summed E-state index contributed by atoms with van der Waals surface area (Å²) in [5, 5.41) is 10.6. The van der Waals surface area contributed by atoms with Crippen LogP contribution in [0.3, 0.4) is 0 Å². The maximum Gasteiger partial charge on any atom is 0.226 e. The van der Waals surface area contributed by atoms with E-state index in [0.29, 0.717) is 11.6 Å². The smallest absolute Gasteiger partial charge is 0.226 e. The van der Waals surface area contributed by atoms with Crippen molar-refractivity contribution in [3.8, 4) is 0 Å². The number of thiophene rings is 1. The Hall–Kier alpha value is -2.15. The summed E-state index contributed by atoms with van der Waals surface area (Å²) in [6.07, 6.45) is 1.62. The van der Waals surface area contributed by atoms with E-state index in [2.05, 4.69) is 48.3 Å². The summed E-state index contributed by atoms with van der Waals surface area (Å²) in [5.74, 6) is 1.32. The summed E-state index contributed by atoms with van der Waals surface area (Å²) in [6, 6.07) is 0. The summed E-state index contributed by atoms with van der Waals surface area (Å²) in [5.41, 5.74) is 4.05. The molecule has 3 heterocycles. The van der Waals surface area contributed by atoms with Crippen LogP contribution in [-0.2, 0) is 6.54 Å². The molecule has 0 aromatic carbocycles. The lowest BCUT2D eigenvalue weighted by molar-refractivity contribution is 1.09. The van der Waals surface area contributed by atoms with Gasteiger partial charge < -0.3 is 15.6 Å². The predicted octanol–water partition coefficient (Wildman–Crippen LogP) is 2.38. The molecule has 0 radical (unpaired) electrons. The van der Waals surface area contributed by atoms with E-state index in [1.54, 1.807) is 24.7 Å². The van der Waals surface area contributed by atoms with Gasteiger partial charge in [0, 0.05) is 13.6 Å². The van der Waals surface area contributed by atoms with Gasteiger partial charge in [0.05, 0.1) is 6.33 Å². The van der Waals surface area contributed by atoms with Crippen molar-refractivity contribution in [3.63, 3.8) is 0 Å². The Bertz CT molecular complexity index is 701. The van der Waals surface area contributed by atoms with Crippen molar-refractivity contribution in [2.75, 3.05) is 17.7 Å². The van der Waals surface area contributed by atoms with Crippen LogP contribution in [0.5, 0.6) is 0 Å². The molecule has 0 bridgehead atoms. The highest BCUT2D eigenvalue weighted by molar-refractivity contribution is 7.08. The average molecular weight is 274 g/mol. The van der Waals surface area contributed by atoms with Gasteiger partial charge in [-0.25, -0.2) is 4.98 Å².